The van der Waals surface area contributed by atoms with Crippen molar-refractivity contribution in [3.63, 3.8) is 0 Å². The fraction of sp³-hybridized carbons (Fsp3) is 0.368. The molecular formula is C19H24Si. The highest BCUT2D eigenvalue weighted by Crippen LogP contribution is 2.52. The summed E-state index contributed by atoms with van der Waals surface area (Å²) in [4.78, 5) is 0. The molecule has 1 atom stereocenters. The molecule has 0 fully saturated rings. The zero-order valence-corrected chi connectivity index (χ0v) is 14.5. The van der Waals surface area contributed by atoms with E-state index in [4.69, 9.17) is 0 Å². The van der Waals surface area contributed by atoms with Gasteiger partial charge in [0, 0.05) is 5.04 Å². The van der Waals surface area contributed by atoms with Crippen LogP contribution < -0.4 is 0 Å². The van der Waals surface area contributed by atoms with Crippen LogP contribution in [0.25, 0.3) is 16.3 Å². The molecule has 0 N–H and O–H groups in total. The second kappa shape index (κ2) is 4.08. The maximum atomic E-state index is 2.49. The monoisotopic (exact) mass is 280 g/mol. The van der Waals surface area contributed by atoms with Crippen molar-refractivity contribution in [1.82, 2.24) is 0 Å². The van der Waals surface area contributed by atoms with E-state index >= 15 is 0 Å². The second-order valence-electron chi connectivity index (χ2n) is 7.33. The standard InChI is InChI=1S/C19H24Si/c1-13-14(2)19(3,20(4,5)6)17-12-11-15-9-7-8-10-16(15)18(13)17/h7-12H,1-6H3. The van der Waals surface area contributed by atoms with Crippen LogP contribution >= 0.6 is 0 Å². The highest BCUT2D eigenvalue weighted by Gasteiger charge is 2.47. The largest absolute Gasteiger partial charge is 0.0686 e. The van der Waals surface area contributed by atoms with Crippen molar-refractivity contribution in [2.75, 3.05) is 0 Å². The smallest absolute Gasteiger partial charge is 0.0605 e. The van der Waals surface area contributed by atoms with Gasteiger partial charge < -0.3 is 0 Å². The third-order valence-corrected chi connectivity index (χ3v) is 9.30. The average molecular weight is 280 g/mol. The van der Waals surface area contributed by atoms with E-state index in [1.54, 1.807) is 11.1 Å². The van der Waals surface area contributed by atoms with Gasteiger partial charge in [0.15, 0.2) is 0 Å². The molecule has 0 saturated heterocycles. The average Bonchev–Trinajstić information content (AvgIpc) is 2.61. The molecule has 1 heteroatoms. The first-order valence-electron chi connectivity index (χ1n) is 7.49. The lowest BCUT2D eigenvalue weighted by molar-refractivity contribution is 0.773. The molecular weight excluding hydrogens is 256 g/mol. The molecule has 0 nitrogen and oxygen atoms in total. The molecule has 0 saturated carbocycles. The van der Waals surface area contributed by atoms with Crippen LogP contribution in [0.5, 0.6) is 0 Å². The molecule has 0 heterocycles. The minimum Gasteiger partial charge on any atom is -0.0686 e. The molecule has 0 bridgehead atoms. The lowest BCUT2D eigenvalue weighted by atomic mass is 9.94. The zero-order valence-electron chi connectivity index (χ0n) is 13.5. The third kappa shape index (κ3) is 1.53. The normalized spacial score (nSPS) is 22.5. The summed E-state index contributed by atoms with van der Waals surface area (Å²) in [6, 6.07) is 13.5. The predicted octanol–water partition coefficient (Wildman–Crippen LogP) is 5.78. The third-order valence-electron chi connectivity index (χ3n) is 5.66. The molecule has 20 heavy (non-hydrogen) atoms. The number of rotatable bonds is 1. The van der Waals surface area contributed by atoms with Crippen molar-refractivity contribution in [3.05, 3.63) is 53.1 Å². The van der Waals surface area contributed by atoms with Gasteiger partial charge >= 0.3 is 0 Å². The first-order valence-corrected chi connectivity index (χ1v) is 11.0. The Kier molecular flexibility index (Phi) is 2.78. The van der Waals surface area contributed by atoms with Crippen LogP contribution in [0.15, 0.2) is 42.0 Å². The summed E-state index contributed by atoms with van der Waals surface area (Å²) in [5, 5.41) is 3.04. The van der Waals surface area contributed by atoms with E-state index in [1.807, 2.05) is 0 Å². The maximum absolute atomic E-state index is 2.49. The molecule has 104 valence electrons. The van der Waals surface area contributed by atoms with Gasteiger partial charge in [-0.05, 0) is 41.3 Å². The van der Waals surface area contributed by atoms with Gasteiger partial charge in [-0.25, -0.2) is 0 Å². The van der Waals surface area contributed by atoms with Crippen molar-refractivity contribution in [1.29, 1.82) is 0 Å². The summed E-state index contributed by atoms with van der Waals surface area (Å²) < 4.78 is 0. The molecule has 0 spiro atoms. The highest BCUT2D eigenvalue weighted by molar-refractivity contribution is 6.80. The molecule has 1 aliphatic carbocycles. The van der Waals surface area contributed by atoms with Gasteiger partial charge in [0.1, 0.15) is 0 Å². The van der Waals surface area contributed by atoms with E-state index in [-0.39, 0.29) is 5.04 Å². The van der Waals surface area contributed by atoms with Crippen molar-refractivity contribution in [2.24, 2.45) is 0 Å². The fourth-order valence-electron chi connectivity index (χ4n) is 3.82. The van der Waals surface area contributed by atoms with Crippen molar-refractivity contribution >= 4 is 24.4 Å². The van der Waals surface area contributed by atoms with E-state index < -0.39 is 8.07 Å². The van der Waals surface area contributed by atoms with E-state index in [2.05, 4.69) is 76.8 Å². The van der Waals surface area contributed by atoms with Gasteiger partial charge in [0.2, 0.25) is 0 Å². The first-order chi connectivity index (χ1) is 9.28. The molecule has 2 aromatic rings. The van der Waals surface area contributed by atoms with Crippen molar-refractivity contribution in [2.45, 2.75) is 45.5 Å². The lowest BCUT2D eigenvalue weighted by Crippen LogP contribution is -2.47. The second-order valence-corrected chi connectivity index (χ2v) is 12.8. The van der Waals surface area contributed by atoms with Crippen LogP contribution in [0.1, 0.15) is 31.9 Å². The predicted molar refractivity (Wildman–Crippen MR) is 92.9 cm³/mol. The lowest BCUT2D eigenvalue weighted by Gasteiger charge is -2.40. The fourth-order valence-corrected chi connectivity index (χ4v) is 6.15. The number of hydrogen-bond acceptors (Lipinski definition) is 0. The number of fused-ring (bicyclic) bond motifs is 3. The van der Waals surface area contributed by atoms with E-state index in [0.29, 0.717) is 0 Å². The van der Waals surface area contributed by atoms with Gasteiger partial charge in [0.05, 0.1) is 8.07 Å². The zero-order chi connectivity index (χ0) is 14.7. The minimum atomic E-state index is -1.35. The van der Waals surface area contributed by atoms with Crippen LogP contribution in [0.3, 0.4) is 0 Å². The summed E-state index contributed by atoms with van der Waals surface area (Å²) >= 11 is 0. The molecule has 0 aromatic heterocycles. The van der Waals surface area contributed by atoms with E-state index in [9.17, 15) is 0 Å². The van der Waals surface area contributed by atoms with Gasteiger partial charge in [-0.15, -0.1) is 0 Å². The Morgan fingerprint density at radius 2 is 1.55 bits per heavy atom. The molecule has 3 rings (SSSR count). The Labute approximate surface area is 123 Å². The van der Waals surface area contributed by atoms with E-state index in [1.165, 1.54) is 21.9 Å². The van der Waals surface area contributed by atoms with Crippen LogP contribution in [-0.2, 0) is 5.04 Å². The van der Waals surface area contributed by atoms with E-state index in [0.717, 1.165) is 0 Å². The SMILES string of the molecule is CC1=C(C)C(C)([Si](C)(C)C)c2ccc3ccccc3c21. The molecule has 0 radical (unpaired) electrons. The minimum absolute atomic E-state index is 0.260. The topological polar surface area (TPSA) is 0 Å². The summed E-state index contributed by atoms with van der Waals surface area (Å²) in [6.07, 6.45) is 0. The molecule has 0 aliphatic heterocycles. The highest BCUT2D eigenvalue weighted by atomic mass is 28.3. The van der Waals surface area contributed by atoms with Crippen LogP contribution in [0.2, 0.25) is 19.6 Å². The summed E-state index contributed by atoms with van der Waals surface area (Å²) in [5.74, 6) is 0. The maximum Gasteiger partial charge on any atom is 0.0605 e. The Balaban J connectivity index is 2.45. The van der Waals surface area contributed by atoms with Crippen LogP contribution in [-0.4, -0.2) is 8.07 Å². The molecule has 1 aliphatic rings. The quantitative estimate of drug-likeness (QED) is 0.581. The summed E-state index contributed by atoms with van der Waals surface area (Å²) in [5.41, 5.74) is 6.15. The Morgan fingerprint density at radius 3 is 2.20 bits per heavy atom. The van der Waals surface area contributed by atoms with Gasteiger partial charge in [-0.1, -0.05) is 68.5 Å². The van der Waals surface area contributed by atoms with Crippen molar-refractivity contribution < 1.29 is 0 Å². The first kappa shape index (κ1) is 13.6. The Bertz CT molecular complexity index is 731. The summed E-state index contributed by atoms with van der Waals surface area (Å²) in [7, 11) is -1.35. The molecule has 2 aromatic carbocycles. The van der Waals surface area contributed by atoms with Crippen LogP contribution in [0.4, 0.5) is 0 Å². The van der Waals surface area contributed by atoms with Gasteiger partial charge in [0.25, 0.3) is 0 Å². The molecule has 0 amide bonds. The van der Waals surface area contributed by atoms with Crippen LogP contribution in [0, 0.1) is 0 Å². The molecule has 1 unspecified atom stereocenters. The van der Waals surface area contributed by atoms with Gasteiger partial charge in [-0.3, -0.25) is 0 Å². The number of allylic oxidation sites excluding steroid dienone is 2. The Hall–Kier alpha value is -1.34. The number of hydrogen-bond donors (Lipinski definition) is 0. The summed E-state index contributed by atoms with van der Waals surface area (Å²) in [6.45, 7) is 14.6. The number of benzene rings is 2. The Morgan fingerprint density at radius 1 is 0.900 bits per heavy atom. The van der Waals surface area contributed by atoms with Crippen molar-refractivity contribution in [3.8, 4) is 0 Å². The van der Waals surface area contributed by atoms with Gasteiger partial charge in [-0.2, -0.15) is 0 Å².